The summed E-state index contributed by atoms with van der Waals surface area (Å²) in [6.45, 7) is 12.0. The van der Waals surface area contributed by atoms with Crippen LogP contribution in [0.2, 0.25) is 0 Å². The topological polar surface area (TPSA) is 37.4 Å². The normalized spacial score (nSPS) is 16.6. The first-order valence-corrected chi connectivity index (χ1v) is 12.2. The van der Waals surface area contributed by atoms with Crippen molar-refractivity contribution in [1.29, 1.82) is 0 Å². The van der Waals surface area contributed by atoms with Crippen LogP contribution in [0.3, 0.4) is 0 Å². The fraction of sp³-hybridized carbons (Fsp3) is 0.643. The van der Waals surface area contributed by atoms with Gasteiger partial charge in [0.15, 0.2) is 0 Å². The fourth-order valence-electron chi connectivity index (χ4n) is 3.87. The van der Waals surface area contributed by atoms with E-state index in [9.17, 15) is 9.59 Å². The van der Waals surface area contributed by atoms with Gasteiger partial charge in [-0.25, -0.2) is 0 Å². The Balaban J connectivity index is 2.26. The summed E-state index contributed by atoms with van der Waals surface area (Å²) in [5, 5.41) is 0. The summed E-state index contributed by atoms with van der Waals surface area (Å²) in [7, 11) is 0. The van der Waals surface area contributed by atoms with Gasteiger partial charge in [0.1, 0.15) is 5.78 Å². The zero-order valence-electron chi connectivity index (χ0n) is 20.8. The third kappa shape index (κ3) is 13.2. The van der Waals surface area contributed by atoms with E-state index in [4.69, 9.17) is 0 Å². The Morgan fingerprint density at radius 1 is 0.613 bits per heavy atom. The number of Topliss-reactive ketones (excluding diaryl/α,β-unsaturated/α-hetero) is 1. The molecule has 0 aromatic carbocycles. The summed E-state index contributed by atoms with van der Waals surface area (Å²) in [6, 6.07) is 0. The van der Waals surface area contributed by atoms with E-state index in [2.05, 4.69) is 45.1 Å². The molecule has 0 bridgehead atoms. The monoisotopic (exact) mass is 427 g/mol. The Bertz CT molecular complexity index is 688. The van der Waals surface area contributed by atoms with Gasteiger partial charge in [-0.05, 0) is 98.8 Å². The van der Waals surface area contributed by atoms with Crippen LogP contribution in [0.5, 0.6) is 0 Å². The lowest BCUT2D eigenvalue weighted by atomic mass is 10.0. The van der Waals surface area contributed by atoms with Crippen molar-refractivity contribution in [2.75, 3.05) is 13.1 Å². The first-order valence-electron chi connectivity index (χ1n) is 12.2. The van der Waals surface area contributed by atoms with E-state index in [1.165, 1.54) is 23.1 Å². The second kappa shape index (κ2) is 15.8. The fourth-order valence-corrected chi connectivity index (χ4v) is 3.87. The Hall–Kier alpha value is -1.90. The van der Waals surface area contributed by atoms with Gasteiger partial charge in [0, 0.05) is 25.1 Å². The Morgan fingerprint density at radius 2 is 1.03 bits per heavy atom. The number of nitrogens with zero attached hydrogens (tertiary/aromatic N) is 1. The van der Waals surface area contributed by atoms with Gasteiger partial charge >= 0.3 is 0 Å². The molecule has 1 aliphatic heterocycles. The lowest BCUT2D eigenvalue weighted by molar-refractivity contribution is -0.128. The molecule has 1 aliphatic rings. The average molecular weight is 428 g/mol. The number of allylic oxidation sites excluding steroid dienone is 7. The molecule has 1 saturated heterocycles. The van der Waals surface area contributed by atoms with Gasteiger partial charge in [0.05, 0.1) is 0 Å². The predicted molar refractivity (Wildman–Crippen MR) is 133 cm³/mol. The molecular weight excluding hydrogens is 382 g/mol. The van der Waals surface area contributed by atoms with Crippen molar-refractivity contribution in [3.05, 3.63) is 46.6 Å². The molecule has 1 fully saturated rings. The van der Waals surface area contributed by atoms with Crippen LogP contribution in [0.15, 0.2) is 46.6 Å². The quantitative estimate of drug-likeness (QED) is 0.225. The summed E-state index contributed by atoms with van der Waals surface area (Å²) in [6.07, 6.45) is 20.4. The maximum atomic E-state index is 12.4. The maximum absolute atomic E-state index is 12.4. The number of amides is 1. The number of rotatable bonds is 13. The van der Waals surface area contributed by atoms with Crippen LogP contribution in [0.1, 0.15) is 105 Å². The molecule has 1 rings (SSSR count). The van der Waals surface area contributed by atoms with Crippen molar-refractivity contribution in [3.8, 4) is 0 Å². The summed E-state index contributed by atoms with van der Waals surface area (Å²) in [5.74, 6) is 0.492. The standard InChI is InChI=1S/C28H45NO2/c1-23(14-10-16-25(3)18-12-20-27(5)30)13-9-15-24(2)17-11-19-26(4)28(31)29-21-7-6-8-22-29/h14-15,18-19H,6-13,16-17,20-22H2,1-5H3. The molecule has 0 aromatic heterocycles. The molecule has 0 atom stereocenters. The third-order valence-corrected chi connectivity index (χ3v) is 6.02. The van der Waals surface area contributed by atoms with Crippen LogP contribution in [-0.4, -0.2) is 29.7 Å². The molecule has 1 heterocycles. The van der Waals surface area contributed by atoms with Crippen molar-refractivity contribution in [2.24, 2.45) is 0 Å². The Kier molecular flexibility index (Phi) is 13.9. The molecule has 3 nitrogen and oxygen atoms in total. The highest BCUT2D eigenvalue weighted by Gasteiger charge is 2.17. The van der Waals surface area contributed by atoms with E-state index >= 15 is 0 Å². The first kappa shape index (κ1) is 27.1. The largest absolute Gasteiger partial charge is 0.339 e. The third-order valence-electron chi connectivity index (χ3n) is 6.02. The number of carbonyl (C=O) groups excluding carboxylic acids is 2. The van der Waals surface area contributed by atoms with E-state index in [1.54, 1.807) is 6.92 Å². The van der Waals surface area contributed by atoms with Gasteiger partial charge < -0.3 is 9.69 Å². The van der Waals surface area contributed by atoms with E-state index in [1.807, 2.05) is 11.8 Å². The Morgan fingerprint density at radius 3 is 1.48 bits per heavy atom. The van der Waals surface area contributed by atoms with Gasteiger partial charge in [-0.1, -0.05) is 41.0 Å². The van der Waals surface area contributed by atoms with Crippen LogP contribution < -0.4 is 0 Å². The second-order valence-corrected chi connectivity index (χ2v) is 9.25. The molecule has 0 unspecified atom stereocenters. The smallest absolute Gasteiger partial charge is 0.249 e. The van der Waals surface area contributed by atoms with Gasteiger partial charge in [-0.3, -0.25) is 4.79 Å². The molecule has 0 saturated carbocycles. The molecule has 0 spiro atoms. The zero-order chi connectivity index (χ0) is 23.1. The SMILES string of the molecule is CC(=O)CCC=C(C)CCC=C(C)CCC=C(C)CCC=C(C)C(=O)N1CCCCC1. The van der Waals surface area contributed by atoms with Crippen LogP contribution >= 0.6 is 0 Å². The van der Waals surface area contributed by atoms with Crippen molar-refractivity contribution in [1.82, 2.24) is 4.90 Å². The van der Waals surface area contributed by atoms with Crippen LogP contribution in [0.4, 0.5) is 0 Å². The number of carbonyl (C=O) groups is 2. The molecular formula is C28H45NO2. The highest BCUT2D eigenvalue weighted by molar-refractivity contribution is 5.92. The molecule has 3 heteroatoms. The molecule has 1 amide bonds. The highest BCUT2D eigenvalue weighted by Crippen LogP contribution is 2.15. The number of piperidine rings is 1. The minimum atomic E-state index is 0.228. The summed E-state index contributed by atoms with van der Waals surface area (Å²) < 4.78 is 0. The van der Waals surface area contributed by atoms with Gasteiger partial charge in [-0.2, -0.15) is 0 Å². The maximum Gasteiger partial charge on any atom is 0.249 e. The predicted octanol–water partition coefficient (Wildman–Crippen LogP) is 7.49. The number of hydrogen-bond acceptors (Lipinski definition) is 2. The Labute approximate surface area is 191 Å². The molecule has 0 N–H and O–H groups in total. The van der Waals surface area contributed by atoms with E-state index in [0.717, 1.165) is 76.5 Å². The lowest BCUT2D eigenvalue weighted by Gasteiger charge is -2.27. The molecule has 0 aromatic rings. The van der Waals surface area contributed by atoms with Gasteiger partial charge in [-0.15, -0.1) is 0 Å². The van der Waals surface area contributed by atoms with Crippen molar-refractivity contribution < 1.29 is 9.59 Å². The number of hydrogen-bond donors (Lipinski definition) is 0. The van der Waals surface area contributed by atoms with Crippen molar-refractivity contribution >= 4 is 11.7 Å². The van der Waals surface area contributed by atoms with Crippen molar-refractivity contribution in [3.63, 3.8) is 0 Å². The minimum absolute atomic E-state index is 0.228. The second-order valence-electron chi connectivity index (χ2n) is 9.25. The van der Waals surface area contributed by atoms with Gasteiger partial charge in [0.25, 0.3) is 0 Å². The van der Waals surface area contributed by atoms with Crippen LogP contribution in [0.25, 0.3) is 0 Å². The van der Waals surface area contributed by atoms with E-state index in [0.29, 0.717) is 6.42 Å². The average Bonchev–Trinajstić information content (AvgIpc) is 2.73. The number of ketones is 1. The van der Waals surface area contributed by atoms with E-state index in [-0.39, 0.29) is 11.7 Å². The molecule has 0 aliphatic carbocycles. The molecule has 174 valence electrons. The number of likely N-dealkylation sites (tertiary alicyclic amines) is 1. The highest BCUT2D eigenvalue weighted by atomic mass is 16.2. The van der Waals surface area contributed by atoms with Crippen LogP contribution in [0, 0.1) is 0 Å². The van der Waals surface area contributed by atoms with Gasteiger partial charge in [0.2, 0.25) is 5.91 Å². The molecule has 0 radical (unpaired) electrons. The van der Waals surface area contributed by atoms with Crippen LogP contribution in [-0.2, 0) is 9.59 Å². The van der Waals surface area contributed by atoms with Crippen molar-refractivity contribution in [2.45, 2.75) is 105 Å². The molecule has 31 heavy (non-hydrogen) atoms. The summed E-state index contributed by atoms with van der Waals surface area (Å²) >= 11 is 0. The zero-order valence-corrected chi connectivity index (χ0v) is 20.8. The minimum Gasteiger partial charge on any atom is -0.339 e. The lowest BCUT2D eigenvalue weighted by Crippen LogP contribution is -2.36. The summed E-state index contributed by atoms with van der Waals surface area (Å²) in [5.41, 5.74) is 5.14. The first-order chi connectivity index (χ1) is 14.8. The van der Waals surface area contributed by atoms with E-state index < -0.39 is 0 Å². The summed E-state index contributed by atoms with van der Waals surface area (Å²) in [4.78, 5) is 25.4.